The van der Waals surface area contributed by atoms with Crippen molar-refractivity contribution in [3.05, 3.63) is 64.2 Å². The van der Waals surface area contributed by atoms with Crippen molar-refractivity contribution in [1.29, 1.82) is 0 Å². The molecule has 1 heterocycles. The molecule has 0 saturated carbocycles. The lowest BCUT2D eigenvalue weighted by atomic mass is 10.2. The third-order valence-corrected chi connectivity index (χ3v) is 4.44. The van der Waals surface area contributed by atoms with E-state index in [0.29, 0.717) is 27.7 Å². The van der Waals surface area contributed by atoms with E-state index in [1.165, 1.54) is 29.9 Å². The summed E-state index contributed by atoms with van der Waals surface area (Å²) in [4.78, 5) is 36.1. The molecule has 156 valence electrons. The second-order valence-corrected chi connectivity index (χ2v) is 7.72. The van der Waals surface area contributed by atoms with Crippen molar-refractivity contribution in [2.75, 3.05) is 7.11 Å². The van der Waals surface area contributed by atoms with E-state index in [4.69, 9.17) is 9.47 Å². The third kappa shape index (κ3) is 4.17. The Bertz CT molecular complexity index is 1130. The minimum Gasteiger partial charge on any atom is -0.469 e. The highest BCUT2D eigenvalue weighted by Gasteiger charge is 2.28. The van der Waals surface area contributed by atoms with Crippen LogP contribution in [0.25, 0.3) is 22.2 Å². The molecule has 8 nitrogen and oxygen atoms in total. The topological polar surface area (TPSA) is 101 Å². The van der Waals surface area contributed by atoms with E-state index in [-0.39, 0.29) is 12.1 Å². The zero-order chi connectivity index (χ0) is 22.1. The first kappa shape index (κ1) is 21.0. The Hall–Kier alpha value is -3.68. The average Bonchev–Trinajstić information content (AvgIpc) is 3.00. The van der Waals surface area contributed by atoms with Gasteiger partial charge in [0.25, 0.3) is 5.69 Å². The van der Waals surface area contributed by atoms with Gasteiger partial charge in [-0.3, -0.25) is 14.9 Å². The molecule has 3 rings (SSSR count). The molecule has 3 aromatic rings. The summed E-state index contributed by atoms with van der Waals surface area (Å²) < 4.78 is 11.8. The van der Waals surface area contributed by atoms with Crippen LogP contribution in [0.3, 0.4) is 0 Å². The minimum atomic E-state index is -0.759. The first-order valence-corrected chi connectivity index (χ1v) is 9.29. The Morgan fingerprint density at radius 2 is 1.80 bits per heavy atom. The van der Waals surface area contributed by atoms with Crippen LogP contribution in [0.4, 0.5) is 10.5 Å². The fraction of sp³-hybridized carbons (Fsp3) is 0.273. The SMILES string of the molecule is COC(=O)C[14c]1c2cc([N+](=O)[O-])ccc2n(C(=O)OC(C)(C)C)[14c]1-c1ccccc1. The number of ether oxygens (including phenoxy) is 2. The number of rotatable bonds is 4. The zero-order valence-corrected chi connectivity index (χ0v) is 17.2. The van der Waals surface area contributed by atoms with E-state index in [0.717, 1.165) is 0 Å². The number of carbonyl (C=O) groups excluding carboxylic acids is 2. The second-order valence-electron chi connectivity index (χ2n) is 7.72. The van der Waals surface area contributed by atoms with Gasteiger partial charge in [0.2, 0.25) is 0 Å². The van der Waals surface area contributed by atoms with Crippen molar-refractivity contribution in [2.45, 2.75) is 32.8 Å². The smallest absolute Gasteiger partial charge is 0.419 e. The summed E-state index contributed by atoms with van der Waals surface area (Å²) in [6.45, 7) is 5.25. The van der Waals surface area contributed by atoms with Crippen LogP contribution in [0, 0.1) is 10.1 Å². The molecule has 30 heavy (non-hydrogen) atoms. The van der Waals surface area contributed by atoms with Crippen LogP contribution < -0.4 is 0 Å². The number of hydrogen-bond acceptors (Lipinski definition) is 6. The van der Waals surface area contributed by atoms with Gasteiger partial charge < -0.3 is 9.47 Å². The van der Waals surface area contributed by atoms with Gasteiger partial charge in [0, 0.05) is 17.5 Å². The quantitative estimate of drug-likeness (QED) is 0.348. The van der Waals surface area contributed by atoms with E-state index in [9.17, 15) is 19.7 Å². The monoisotopic (exact) mass is 414 g/mol. The van der Waals surface area contributed by atoms with Gasteiger partial charge in [0.1, 0.15) is 5.60 Å². The maximum Gasteiger partial charge on any atom is 0.419 e. The summed E-state index contributed by atoms with van der Waals surface area (Å²) >= 11 is 0. The lowest BCUT2D eigenvalue weighted by Crippen LogP contribution is -2.27. The number of hydrogen-bond donors (Lipinski definition) is 0. The molecule has 0 atom stereocenters. The van der Waals surface area contributed by atoms with Gasteiger partial charge in [-0.1, -0.05) is 30.3 Å². The normalized spacial score (nSPS) is 11.3. The van der Waals surface area contributed by atoms with E-state index in [1.54, 1.807) is 45.0 Å². The fourth-order valence-corrected chi connectivity index (χ4v) is 3.25. The van der Waals surface area contributed by atoms with Crippen molar-refractivity contribution in [3.63, 3.8) is 0 Å². The number of carbonyl (C=O) groups is 2. The molecule has 0 bridgehead atoms. The number of nitro groups is 1. The number of esters is 1. The van der Waals surface area contributed by atoms with Crippen LogP contribution in [-0.4, -0.2) is 34.3 Å². The molecule has 0 spiro atoms. The molecule has 0 aliphatic rings. The van der Waals surface area contributed by atoms with E-state index >= 15 is 0 Å². The molecule has 0 radical (unpaired) electrons. The lowest BCUT2D eigenvalue weighted by Gasteiger charge is -2.21. The Labute approximate surface area is 173 Å². The molecule has 0 amide bonds. The Balaban J connectivity index is 2.40. The largest absolute Gasteiger partial charge is 0.469 e. The molecule has 0 N–H and O–H groups in total. The predicted octanol–water partition coefficient (Wildman–Crippen LogP) is 4.72. The van der Waals surface area contributed by atoms with Crippen molar-refractivity contribution >= 4 is 28.7 Å². The number of nitrogens with zero attached hydrogens (tertiary/aromatic N) is 2. The lowest BCUT2D eigenvalue weighted by molar-refractivity contribution is -0.384. The third-order valence-electron chi connectivity index (χ3n) is 4.44. The molecular weight excluding hydrogens is 392 g/mol. The molecule has 0 saturated heterocycles. The standard InChI is InChI=1S/C22H22N2O6/c1-22(2,3)30-21(26)23-18-11-10-15(24(27)28)12-16(18)17(13-19(25)29-4)20(23)14-8-6-5-7-9-14/h5-12H,13H2,1-4H3/i17+2,20+2. The van der Waals surface area contributed by atoms with Gasteiger partial charge in [0.05, 0.1) is 29.7 Å². The summed E-state index contributed by atoms with van der Waals surface area (Å²) in [6, 6.07) is 13.2. The number of benzene rings is 2. The summed E-state index contributed by atoms with van der Waals surface area (Å²) in [5, 5.41) is 11.7. The van der Waals surface area contributed by atoms with Gasteiger partial charge in [-0.25, -0.2) is 9.36 Å². The first-order chi connectivity index (χ1) is 14.1. The van der Waals surface area contributed by atoms with Crippen LogP contribution in [0.5, 0.6) is 0 Å². The molecule has 0 aliphatic carbocycles. The van der Waals surface area contributed by atoms with E-state index in [2.05, 4.69) is 0 Å². The molecule has 0 aliphatic heterocycles. The van der Waals surface area contributed by atoms with Crippen molar-refractivity contribution in [2.24, 2.45) is 0 Å². The van der Waals surface area contributed by atoms with Crippen molar-refractivity contribution in [1.82, 2.24) is 4.57 Å². The molecular formula is C22H22N2O6. The van der Waals surface area contributed by atoms with Crippen molar-refractivity contribution in [3.8, 4) is 11.3 Å². The van der Waals surface area contributed by atoms with Gasteiger partial charge in [-0.05, 0) is 38.0 Å². The van der Waals surface area contributed by atoms with Gasteiger partial charge in [0.15, 0.2) is 0 Å². The zero-order valence-electron chi connectivity index (χ0n) is 17.2. The van der Waals surface area contributed by atoms with Crippen LogP contribution in [-0.2, 0) is 20.7 Å². The van der Waals surface area contributed by atoms with Gasteiger partial charge >= 0.3 is 12.1 Å². The first-order valence-electron chi connectivity index (χ1n) is 9.29. The predicted molar refractivity (Wildman–Crippen MR) is 111 cm³/mol. The molecule has 8 heteroatoms. The maximum absolute atomic E-state index is 13.1. The van der Waals surface area contributed by atoms with E-state index < -0.39 is 22.6 Å². The minimum absolute atomic E-state index is 0.144. The van der Waals surface area contributed by atoms with Gasteiger partial charge in [-0.2, -0.15) is 0 Å². The summed E-state index contributed by atoms with van der Waals surface area (Å²) in [7, 11) is 1.26. The highest BCUT2D eigenvalue weighted by molar-refractivity contribution is 6.02. The van der Waals surface area contributed by atoms with Crippen LogP contribution >= 0.6 is 0 Å². The highest BCUT2D eigenvalue weighted by Crippen LogP contribution is 2.37. The molecule has 2 aromatic carbocycles. The Morgan fingerprint density at radius 1 is 1.13 bits per heavy atom. The van der Waals surface area contributed by atoms with Crippen molar-refractivity contribution < 1.29 is 24.0 Å². The maximum atomic E-state index is 13.1. The molecule has 1 aromatic heterocycles. The number of nitro benzene ring substituents is 1. The average molecular weight is 414 g/mol. The van der Waals surface area contributed by atoms with Crippen LogP contribution in [0.1, 0.15) is 26.3 Å². The highest BCUT2D eigenvalue weighted by atomic mass is 16.6. The number of methoxy groups -OCH3 is 1. The van der Waals surface area contributed by atoms with Crippen LogP contribution in [0.15, 0.2) is 48.5 Å². The van der Waals surface area contributed by atoms with E-state index in [1.807, 2.05) is 6.07 Å². The summed E-state index contributed by atoms with van der Waals surface area (Å²) in [6.07, 6.45) is -0.801. The number of non-ortho nitro benzene ring substituents is 1. The number of fused-ring (bicyclic) bond motifs is 1. The molecule has 0 unspecified atom stereocenters. The summed E-state index contributed by atoms with van der Waals surface area (Å²) in [5.74, 6) is -0.526. The molecule has 0 fully saturated rings. The number of aromatic nitrogens is 1. The summed E-state index contributed by atoms with van der Waals surface area (Å²) in [5.41, 5.74) is 1.07. The van der Waals surface area contributed by atoms with Crippen LogP contribution in [0.2, 0.25) is 0 Å². The second kappa shape index (κ2) is 7.98. The Morgan fingerprint density at radius 3 is 2.37 bits per heavy atom. The van der Waals surface area contributed by atoms with Gasteiger partial charge in [-0.15, -0.1) is 0 Å². The fourth-order valence-electron chi connectivity index (χ4n) is 3.25. The Kier molecular flexibility index (Phi) is 5.60.